The minimum atomic E-state index is -0.172. The van der Waals surface area contributed by atoms with Crippen molar-refractivity contribution >= 4 is 0 Å². The first-order chi connectivity index (χ1) is 7.91. The summed E-state index contributed by atoms with van der Waals surface area (Å²) in [5, 5.41) is 14.6. The van der Waals surface area contributed by atoms with Crippen LogP contribution in [0.15, 0.2) is 12.4 Å². The second-order valence-electron chi connectivity index (χ2n) is 6.22. The molecule has 17 heavy (non-hydrogen) atoms. The molecule has 1 aromatic heterocycles. The first kappa shape index (κ1) is 12.6. The number of hydrogen-bond acceptors (Lipinski definition) is 2. The van der Waals surface area contributed by atoms with Gasteiger partial charge in [0.2, 0.25) is 0 Å². The van der Waals surface area contributed by atoms with E-state index in [2.05, 4.69) is 32.1 Å². The number of nitrogens with zero attached hydrogens (tertiary/aromatic N) is 2. The predicted molar refractivity (Wildman–Crippen MR) is 68.7 cm³/mol. The third kappa shape index (κ3) is 2.39. The zero-order valence-electron chi connectivity index (χ0n) is 11.3. The van der Waals surface area contributed by atoms with Crippen molar-refractivity contribution < 1.29 is 5.11 Å². The quantitative estimate of drug-likeness (QED) is 0.856. The Labute approximate surface area is 104 Å². The Balaban J connectivity index is 2.20. The van der Waals surface area contributed by atoms with Gasteiger partial charge in [-0.3, -0.25) is 4.68 Å². The summed E-state index contributed by atoms with van der Waals surface area (Å²) < 4.78 is 1.84. The maximum Gasteiger partial charge on any atom is 0.0579 e. The number of hydrogen-bond donors (Lipinski definition) is 1. The van der Waals surface area contributed by atoms with Gasteiger partial charge in [0, 0.05) is 13.2 Å². The van der Waals surface area contributed by atoms with Gasteiger partial charge in [0.05, 0.1) is 12.3 Å². The molecule has 1 saturated carbocycles. The van der Waals surface area contributed by atoms with Crippen molar-refractivity contribution in [1.29, 1.82) is 0 Å². The van der Waals surface area contributed by atoms with E-state index in [9.17, 15) is 5.11 Å². The van der Waals surface area contributed by atoms with E-state index in [4.69, 9.17) is 0 Å². The van der Waals surface area contributed by atoms with Crippen molar-refractivity contribution in [3.63, 3.8) is 0 Å². The zero-order valence-corrected chi connectivity index (χ0v) is 11.3. The fourth-order valence-electron chi connectivity index (χ4n) is 3.16. The van der Waals surface area contributed by atoms with Gasteiger partial charge in [0.15, 0.2) is 0 Å². The van der Waals surface area contributed by atoms with Crippen molar-refractivity contribution in [1.82, 2.24) is 9.78 Å². The Hall–Kier alpha value is -0.830. The van der Waals surface area contributed by atoms with Crippen molar-refractivity contribution in [3.8, 4) is 0 Å². The summed E-state index contributed by atoms with van der Waals surface area (Å²) in [4.78, 5) is 0. The van der Waals surface area contributed by atoms with E-state index in [0.29, 0.717) is 11.8 Å². The summed E-state index contributed by atoms with van der Waals surface area (Å²) >= 11 is 0. The number of aryl methyl sites for hydroxylation is 1. The van der Waals surface area contributed by atoms with Crippen LogP contribution in [0.2, 0.25) is 0 Å². The number of aliphatic hydroxyl groups is 1. The fraction of sp³-hybridized carbons (Fsp3) is 0.786. The number of aromatic nitrogens is 2. The maximum atomic E-state index is 10.3. The standard InChI is InChI=1S/C14H24N2O/c1-10-5-6-12(13(17)7-10)14(2,3)11-8-15-16(4)9-11/h8-10,12-13,17H,5-7H2,1-4H3. The van der Waals surface area contributed by atoms with Crippen LogP contribution >= 0.6 is 0 Å². The van der Waals surface area contributed by atoms with Gasteiger partial charge in [-0.05, 0) is 35.7 Å². The van der Waals surface area contributed by atoms with Crippen LogP contribution in [0.3, 0.4) is 0 Å². The largest absolute Gasteiger partial charge is 0.393 e. The fourth-order valence-corrected chi connectivity index (χ4v) is 3.16. The van der Waals surface area contributed by atoms with Gasteiger partial charge in [0.25, 0.3) is 0 Å². The van der Waals surface area contributed by atoms with Crippen LogP contribution in [0.4, 0.5) is 0 Å². The van der Waals surface area contributed by atoms with E-state index in [1.165, 1.54) is 12.0 Å². The summed E-state index contributed by atoms with van der Waals surface area (Å²) in [5.74, 6) is 1.01. The van der Waals surface area contributed by atoms with Gasteiger partial charge in [-0.15, -0.1) is 0 Å². The first-order valence-electron chi connectivity index (χ1n) is 6.58. The Morgan fingerprint density at radius 1 is 1.41 bits per heavy atom. The average Bonchev–Trinajstić information content (AvgIpc) is 2.64. The van der Waals surface area contributed by atoms with E-state index in [0.717, 1.165) is 12.8 Å². The molecule has 3 heteroatoms. The molecule has 0 aliphatic heterocycles. The third-order valence-electron chi connectivity index (χ3n) is 4.45. The lowest BCUT2D eigenvalue weighted by molar-refractivity contribution is 0.0143. The first-order valence-corrected chi connectivity index (χ1v) is 6.58. The van der Waals surface area contributed by atoms with E-state index in [1.807, 2.05) is 17.9 Å². The smallest absolute Gasteiger partial charge is 0.0579 e. The molecule has 0 bridgehead atoms. The highest BCUT2D eigenvalue weighted by Crippen LogP contribution is 2.42. The van der Waals surface area contributed by atoms with Crippen molar-refractivity contribution in [2.24, 2.45) is 18.9 Å². The van der Waals surface area contributed by atoms with Crippen LogP contribution in [-0.2, 0) is 12.5 Å². The van der Waals surface area contributed by atoms with E-state index < -0.39 is 0 Å². The van der Waals surface area contributed by atoms with Crippen LogP contribution in [0, 0.1) is 11.8 Å². The lowest BCUT2D eigenvalue weighted by Crippen LogP contribution is -2.41. The summed E-state index contributed by atoms with van der Waals surface area (Å²) in [6, 6.07) is 0. The summed E-state index contributed by atoms with van der Waals surface area (Å²) in [6.07, 6.45) is 7.12. The topological polar surface area (TPSA) is 38.0 Å². The molecule has 0 spiro atoms. The average molecular weight is 236 g/mol. The lowest BCUT2D eigenvalue weighted by atomic mass is 9.65. The van der Waals surface area contributed by atoms with Crippen molar-refractivity contribution in [3.05, 3.63) is 18.0 Å². The summed E-state index contributed by atoms with van der Waals surface area (Å²) in [6.45, 7) is 6.69. The lowest BCUT2D eigenvalue weighted by Gasteiger charge is -2.41. The highest BCUT2D eigenvalue weighted by atomic mass is 16.3. The van der Waals surface area contributed by atoms with Gasteiger partial charge in [-0.25, -0.2) is 0 Å². The van der Waals surface area contributed by atoms with Gasteiger partial charge in [0.1, 0.15) is 0 Å². The molecule has 1 fully saturated rings. The molecule has 3 unspecified atom stereocenters. The minimum absolute atomic E-state index is 0.00775. The van der Waals surface area contributed by atoms with Crippen molar-refractivity contribution in [2.45, 2.75) is 51.6 Å². The molecule has 3 atom stereocenters. The Bertz CT molecular complexity index is 383. The zero-order chi connectivity index (χ0) is 12.6. The third-order valence-corrected chi connectivity index (χ3v) is 4.45. The molecule has 1 aliphatic rings. The molecule has 96 valence electrons. The van der Waals surface area contributed by atoms with Gasteiger partial charge in [-0.1, -0.05) is 27.2 Å². The van der Waals surface area contributed by atoms with Crippen LogP contribution < -0.4 is 0 Å². The molecular weight excluding hydrogens is 212 g/mol. The monoisotopic (exact) mass is 236 g/mol. The second-order valence-corrected chi connectivity index (χ2v) is 6.22. The highest BCUT2D eigenvalue weighted by molar-refractivity contribution is 5.19. The second kappa shape index (κ2) is 4.45. The Morgan fingerprint density at radius 3 is 2.65 bits per heavy atom. The minimum Gasteiger partial charge on any atom is -0.393 e. The Morgan fingerprint density at radius 2 is 2.12 bits per heavy atom. The summed E-state index contributed by atoms with van der Waals surface area (Å²) in [7, 11) is 1.94. The maximum absolute atomic E-state index is 10.3. The summed E-state index contributed by atoms with van der Waals surface area (Å²) in [5.41, 5.74) is 1.24. The molecule has 0 aromatic carbocycles. The van der Waals surface area contributed by atoms with Crippen LogP contribution in [0.25, 0.3) is 0 Å². The molecule has 0 radical (unpaired) electrons. The molecule has 0 saturated heterocycles. The molecular formula is C14H24N2O. The van der Waals surface area contributed by atoms with Gasteiger partial charge in [-0.2, -0.15) is 5.10 Å². The molecule has 1 N–H and O–H groups in total. The molecule has 1 aliphatic carbocycles. The molecule has 1 aromatic rings. The van der Waals surface area contributed by atoms with Crippen LogP contribution in [-0.4, -0.2) is 21.0 Å². The normalized spacial score (nSPS) is 30.5. The molecule has 1 heterocycles. The molecule has 2 rings (SSSR count). The number of aliphatic hydroxyl groups excluding tert-OH is 1. The van der Waals surface area contributed by atoms with Crippen molar-refractivity contribution in [2.75, 3.05) is 0 Å². The van der Waals surface area contributed by atoms with Gasteiger partial charge >= 0.3 is 0 Å². The van der Waals surface area contributed by atoms with Crippen LogP contribution in [0.5, 0.6) is 0 Å². The highest BCUT2D eigenvalue weighted by Gasteiger charge is 2.39. The molecule has 3 nitrogen and oxygen atoms in total. The SMILES string of the molecule is CC1CCC(C(C)(C)c2cnn(C)c2)C(O)C1. The predicted octanol–water partition coefficient (Wildman–Crippen LogP) is 2.49. The van der Waals surface area contributed by atoms with E-state index in [1.54, 1.807) is 0 Å². The van der Waals surface area contributed by atoms with Gasteiger partial charge < -0.3 is 5.11 Å². The number of rotatable bonds is 2. The van der Waals surface area contributed by atoms with E-state index in [-0.39, 0.29) is 11.5 Å². The molecule has 0 amide bonds. The van der Waals surface area contributed by atoms with Crippen LogP contribution in [0.1, 0.15) is 45.6 Å². The Kier molecular flexibility index (Phi) is 3.30. The van der Waals surface area contributed by atoms with E-state index >= 15 is 0 Å².